The number of carbonyl (C=O) groups is 3. The predicted octanol–water partition coefficient (Wildman–Crippen LogP) is 20.3. The van der Waals surface area contributed by atoms with Crippen LogP contribution in [-0.2, 0) is 28.6 Å². The number of rotatable bonds is 54. The second kappa shape index (κ2) is 59.2. The molecule has 408 valence electrons. The van der Waals surface area contributed by atoms with Crippen molar-refractivity contribution in [1.29, 1.82) is 0 Å². The van der Waals surface area contributed by atoms with Gasteiger partial charge >= 0.3 is 17.9 Å². The van der Waals surface area contributed by atoms with E-state index in [2.05, 4.69) is 106 Å². The molecule has 0 fully saturated rings. The average molecular weight is 990 g/mol. The van der Waals surface area contributed by atoms with Gasteiger partial charge in [-0.25, -0.2) is 0 Å². The third-order valence-electron chi connectivity index (χ3n) is 12.9. The number of carbonyl (C=O) groups excluding carboxylic acids is 3. The molecule has 0 aromatic rings. The topological polar surface area (TPSA) is 78.9 Å². The highest BCUT2D eigenvalue weighted by atomic mass is 16.6. The third-order valence-corrected chi connectivity index (χ3v) is 12.9. The van der Waals surface area contributed by atoms with Crippen LogP contribution in [0.4, 0.5) is 0 Å². The summed E-state index contributed by atoms with van der Waals surface area (Å²) >= 11 is 0. The van der Waals surface area contributed by atoms with E-state index in [0.717, 1.165) is 128 Å². The first-order valence-corrected chi connectivity index (χ1v) is 30.1. The third kappa shape index (κ3) is 57.4. The van der Waals surface area contributed by atoms with Gasteiger partial charge in [-0.05, 0) is 89.9 Å². The van der Waals surface area contributed by atoms with Crippen LogP contribution in [0.5, 0.6) is 0 Å². The van der Waals surface area contributed by atoms with Gasteiger partial charge in [0, 0.05) is 19.3 Å². The Kier molecular flexibility index (Phi) is 56.3. The number of hydrogen-bond acceptors (Lipinski definition) is 6. The van der Waals surface area contributed by atoms with E-state index in [1.54, 1.807) is 0 Å². The summed E-state index contributed by atoms with van der Waals surface area (Å²) in [6.45, 7) is 6.42. The van der Waals surface area contributed by atoms with E-state index in [4.69, 9.17) is 14.2 Å². The van der Waals surface area contributed by atoms with Crippen LogP contribution >= 0.6 is 0 Å². The van der Waals surface area contributed by atoms with Gasteiger partial charge in [-0.15, -0.1) is 0 Å². The first-order chi connectivity index (χ1) is 35.0. The minimum absolute atomic E-state index is 0.0879. The van der Waals surface area contributed by atoms with Gasteiger partial charge in [-0.1, -0.05) is 266 Å². The lowest BCUT2D eigenvalue weighted by atomic mass is 10.0. The van der Waals surface area contributed by atoms with Crippen LogP contribution in [0, 0.1) is 0 Å². The molecular weight excluding hydrogens is 877 g/mol. The smallest absolute Gasteiger partial charge is 0.306 e. The first kappa shape index (κ1) is 67.6. The maximum Gasteiger partial charge on any atom is 0.306 e. The summed E-state index contributed by atoms with van der Waals surface area (Å²) in [7, 11) is 0. The molecule has 0 saturated carbocycles. The standard InChI is InChI=1S/C65H112O6/c1-4-7-10-13-16-19-22-25-28-30-32-34-37-40-43-46-49-52-55-58-64(67)70-61-62(60-69-63(66)57-54-51-48-45-42-39-36-27-24-21-18-15-12-9-6-3)71-65(68)59-56-53-50-47-44-41-38-35-33-31-29-26-23-20-17-14-11-8-5-2/h7,9-10,12,16,18-19,21,25,27-28,32,34,36,62H,4-6,8,11,13-15,17,20,22-24,26,29-31,33,35,37-61H2,1-3H3/b10-7-,12-9-,19-16-,21-18-,28-25-,34-32-,36-27-. The summed E-state index contributed by atoms with van der Waals surface area (Å²) < 4.78 is 16.9. The van der Waals surface area contributed by atoms with Gasteiger partial charge in [0.15, 0.2) is 6.10 Å². The molecule has 0 rings (SSSR count). The normalized spacial score (nSPS) is 12.7. The Morgan fingerprint density at radius 3 is 0.859 bits per heavy atom. The van der Waals surface area contributed by atoms with Crippen LogP contribution in [0.2, 0.25) is 0 Å². The van der Waals surface area contributed by atoms with E-state index in [-0.39, 0.29) is 31.1 Å². The summed E-state index contributed by atoms with van der Waals surface area (Å²) in [5.41, 5.74) is 0. The molecule has 6 heteroatoms. The van der Waals surface area contributed by atoms with Crippen molar-refractivity contribution in [3.05, 3.63) is 85.1 Å². The molecule has 0 aliphatic heterocycles. The second-order valence-corrected chi connectivity index (χ2v) is 19.9. The number of hydrogen-bond donors (Lipinski definition) is 0. The monoisotopic (exact) mass is 989 g/mol. The Morgan fingerprint density at radius 1 is 0.296 bits per heavy atom. The van der Waals surface area contributed by atoms with E-state index >= 15 is 0 Å². The van der Waals surface area contributed by atoms with Crippen molar-refractivity contribution in [3.8, 4) is 0 Å². The van der Waals surface area contributed by atoms with Crippen molar-refractivity contribution in [2.75, 3.05) is 13.2 Å². The molecule has 1 atom stereocenters. The molecular formula is C65H112O6. The molecule has 0 aliphatic carbocycles. The highest BCUT2D eigenvalue weighted by Crippen LogP contribution is 2.16. The summed E-state index contributed by atoms with van der Waals surface area (Å²) in [6, 6.07) is 0. The second-order valence-electron chi connectivity index (χ2n) is 19.9. The summed E-state index contributed by atoms with van der Waals surface area (Å²) in [5.74, 6) is -0.906. The first-order valence-electron chi connectivity index (χ1n) is 30.1. The van der Waals surface area contributed by atoms with Gasteiger partial charge in [0.25, 0.3) is 0 Å². The van der Waals surface area contributed by atoms with E-state index < -0.39 is 6.10 Å². The van der Waals surface area contributed by atoms with Crippen molar-refractivity contribution in [3.63, 3.8) is 0 Å². The fourth-order valence-electron chi connectivity index (χ4n) is 8.45. The molecule has 0 heterocycles. The van der Waals surface area contributed by atoms with Crippen molar-refractivity contribution < 1.29 is 28.6 Å². The zero-order valence-electron chi connectivity index (χ0n) is 46.7. The maximum absolute atomic E-state index is 12.9. The number of unbranched alkanes of at least 4 members (excludes halogenated alkanes) is 29. The van der Waals surface area contributed by atoms with Crippen molar-refractivity contribution in [2.24, 2.45) is 0 Å². The van der Waals surface area contributed by atoms with Gasteiger partial charge in [0.1, 0.15) is 13.2 Å². The molecule has 0 aromatic carbocycles. The fourth-order valence-corrected chi connectivity index (χ4v) is 8.45. The fraction of sp³-hybridized carbons (Fsp3) is 0.738. The number of allylic oxidation sites excluding steroid dienone is 14. The molecule has 0 amide bonds. The van der Waals surface area contributed by atoms with Crippen molar-refractivity contribution in [1.82, 2.24) is 0 Å². The van der Waals surface area contributed by atoms with Crippen molar-refractivity contribution in [2.45, 2.75) is 297 Å². The summed E-state index contributed by atoms with van der Waals surface area (Å²) in [5, 5.41) is 0. The molecule has 0 aromatic heterocycles. The van der Waals surface area contributed by atoms with Crippen LogP contribution < -0.4 is 0 Å². The molecule has 0 N–H and O–H groups in total. The van der Waals surface area contributed by atoms with E-state index in [1.165, 1.54) is 122 Å². The lowest BCUT2D eigenvalue weighted by molar-refractivity contribution is -0.167. The summed E-state index contributed by atoms with van der Waals surface area (Å²) in [4.78, 5) is 38.2. The average Bonchev–Trinajstić information content (AvgIpc) is 3.37. The van der Waals surface area contributed by atoms with Gasteiger partial charge in [-0.2, -0.15) is 0 Å². The highest BCUT2D eigenvalue weighted by molar-refractivity contribution is 5.71. The number of esters is 3. The highest BCUT2D eigenvalue weighted by Gasteiger charge is 2.19. The molecule has 71 heavy (non-hydrogen) atoms. The Hall–Kier alpha value is -3.41. The molecule has 0 bridgehead atoms. The quantitative estimate of drug-likeness (QED) is 0.0261. The Labute approximate surface area is 439 Å². The zero-order valence-corrected chi connectivity index (χ0v) is 46.7. The Morgan fingerprint density at radius 2 is 0.549 bits per heavy atom. The number of ether oxygens (including phenoxy) is 3. The van der Waals surface area contributed by atoms with Gasteiger partial charge in [-0.3, -0.25) is 14.4 Å². The Balaban J connectivity index is 4.40. The SMILES string of the molecule is CC/C=C\C/C=C\C/C=C\C/C=C\CCCCCCCCC(=O)OCC(COC(=O)CCCCCCC/C=C\C/C=C\C/C=C\CC)OC(=O)CCCCCCCCCCCCCCCCCCCCC. The van der Waals surface area contributed by atoms with E-state index in [9.17, 15) is 14.4 Å². The van der Waals surface area contributed by atoms with Crippen LogP contribution in [0.15, 0.2) is 85.1 Å². The predicted molar refractivity (Wildman–Crippen MR) is 307 cm³/mol. The zero-order chi connectivity index (χ0) is 51.4. The van der Waals surface area contributed by atoms with Gasteiger partial charge in [0.2, 0.25) is 0 Å². The molecule has 6 nitrogen and oxygen atoms in total. The van der Waals surface area contributed by atoms with E-state index in [1.807, 2.05) is 0 Å². The molecule has 0 aliphatic rings. The van der Waals surface area contributed by atoms with Crippen LogP contribution in [0.3, 0.4) is 0 Å². The molecule has 0 spiro atoms. The van der Waals surface area contributed by atoms with Gasteiger partial charge < -0.3 is 14.2 Å². The van der Waals surface area contributed by atoms with Crippen LogP contribution in [0.1, 0.15) is 290 Å². The lowest BCUT2D eigenvalue weighted by Crippen LogP contribution is -2.30. The van der Waals surface area contributed by atoms with Gasteiger partial charge in [0.05, 0.1) is 0 Å². The molecule has 0 radical (unpaired) electrons. The molecule has 0 saturated heterocycles. The van der Waals surface area contributed by atoms with Crippen LogP contribution in [0.25, 0.3) is 0 Å². The Bertz CT molecular complexity index is 1370. The van der Waals surface area contributed by atoms with Crippen molar-refractivity contribution >= 4 is 17.9 Å². The largest absolute Gasteiger partial charge is 0.462 e. The van der Waals surface area contributed by atoms with E-state index in [0.29, 0.717) is 19.3 Å². The maximum atomic E-state index is 12.9. The lowest BCUT2D eigenvalue weighted by Gasteiger charge is -2.18. The molecule has 1 unspecified atom stereocenters. The summed E-state index contributed by atoms with van der Waals surface area (Å²) in [6.07, 6.45) is 77.2. The van der Waals surface area contributed by atoms with Crippen LogP contribution in [-0.4, -0.2) is 37.2 Å². The minimum atomic E-state index is -0.789. The minimum Gasteiger partial charge on any atom is -0.462 e.